The SMILES string of the molecule is O=C1N(CC2CC2)c2ccccc2[C@]12CCNC2. The summed E-state index contributed by atoms with van der Waals surface area (Å²) >= 11 is 0. The van der Waals surface area contributed by atoms with Crippen molar-refractivity contribution in [2.24, 2.45) is 5.92 Å². The first-order valence-electron chi connectivity index (χ1n) is 6.93. The van der Waals surface area contributed by atoms with Crippen LogP contribution >= 0.6 is 0 Å². The minimum atomic E-state index is -0.258. The highest BCUT2D eigenvalue weighted by Crippen LogP contribution is 2.46. The van der Waals surface area contributed by atoms with Crippen molar-refractivity contribution in [3.05, 3.63) is 29.8 Å². The molecule has 0 bridgehead atoms. The Bertz CT molecular complexity index is 501. The van der Waals surface area contributed by atoms with E-state index in [1.165, 1.54) is 18.4 Å². The molecule has 0 aromatic heterocycles. The summed E-state index contributed by atoms with van der Waals surface area (Å²) in [6, 6.07) is 8.37. The molecule has 1 atom stereocenters. The third-order valence-electron chi connectivity index (χ3n) is 4.66. The van der Waals surface area contributed by atoms with Gasteiger partial charge in [0.1, 0.15) is 0 Å². The Morgan fingerprint density at radius 2 is 2.17 bits per heavy atom. The zero-order valence-corrected chi connectivity index (χ0v) is 10.5. The summed E-state index contributed by atoms with van der Waals surface area (Å²) in [6.45, 7) is 2.69. The van der Waals surface area contributed by atoms with Crippen LogP contribution in [0.3, 0.4) is 0 Å². The van der Waals surface area contributed by atoms with Crippen molar-refractivity contribution in [3.8, 4) is 0 Å². The predicted molar refractivity (Wildman–Crippen MR) is 70.7 cm³/mol. The molecule has 1 saturated heterocycles. The molecule has 1 spiro atoms. The van der Waals surface area contributed by atoms with Gasteiger partial charge in [-0.3, -0.25) is 4.79 Å². The maximum absolute atomic E-state index is 12.8. The molecule has 0 unspecified atom stereocenters. The summed E-state index contributed by atoms with van der Waals surface area (Å²) in [6.07, 6.45) is 3.53. The normalized spacial score (nSPS) is 30.2. The number of rotatable bonds is 2. The molecule has 0 radical (unpaired) electrons. The molecule has 18 heavy (non-hydrogen) atoms. The van der Waals surface area contributed by atoms with Crippen LogP contribution in [0.15, 0.2) is 24.3 Å². The van der Waals surface area contributed by atoms with Crippen molar-refractivity contribution in [1.82, 2.24) is 5.32 Å². The van der Waals surface area contributed by atoms with Gasteiger partial charge in [-0.2, -0.15) is 0 Å². The first kappa shape index (κ1) is 10.6. The summed E-state index contributed by atoms with van der Waals surface area (Å²) in [5, 5.41) is 3.37. The smallest absolute Gasteiger partial charge is 0.239 e. The lowest BCUT2D eigenvalue weighted by molar-refractivity contribution is -0.122. The lowest BCUT2D eigenvalue weighted by Crippen LogP contribution is -2.42. The Morgan fingerprint density at radius 1 is 1.33 bits per heavy atom. The monoisotopic (exact) mass is 242 g/mol. The minimum absolute atomic E-state index is 0.258. The van der Waals surface area contributed by atoms with Gasteiger partial charge in [-0.15, -0.1) is 0 Å². The van der Waals surface area contributed by atoms with Crippen LogP contribution in [0.25, 0.3) is 0 Å². The van der Waals surface area contributed by atoms with E-state index in [0.717, 1.165) is 37.7 Å². The van der Waals surface area contributed by atoms with E-state index in [4.69, 9.17) is 0 Å². The molecule has 94 valence electrons. The van der Waals surface area contributed by atoms with Gasteiger partial charge in [-0.25, -0.2) is 0 Å². The Hall–Kier alpha value is -1.35. The Kier molecular flexibility index (Phi) is 2.10. The molecule has 1 aromatic rings. The Labute approximate surface area is 107 Å². The number of para-hydroxylation sites is 1. The van der Waals surface area contributed by atoms with E-state index in [2.05, 4.69) is 28.4 Å². The Morgan fingerprint density at radius 3 is 2.89 bits per heavy atom. The summed E-state index contributed by atoms with van der Waals surface area (Å²) in [5.41, 5.74) is 2.16. The number of hydrogen-bond acceptors (Lipinski definition) is 2. The number of amides is 1. The van der Waals surface area contributed by atoms with Crippen molar-refractivity contribution in [3.63, 3.8) is 0 Å². The maximum Gasteiger partial charge on any atom is 0.239 e. The van der Waals surface area contributed by atoms with Gasteiger partial charge < -0.3 is 10.2 Å². The molecule has 1 aliphatic carbocycles. The predicted octanol–water partition coefficient (Wildman–Crippen LogP) is 1.67. The molecule has 4 rings (SSSR count). The molecule has 1 aromatic carbocycles. The van der Waals surface area contributed by atoms with Gasteiger partial charge in [0.05, 0.1) is 5.41 Å². The molecule has 1 N–H and O–H groups in total. The first-order chi connectivity index (χ1) is 8.81. The number of nitrogens with zero attached hydrogens (tertiary/aromatic N) is 1. The second kappa shape index (κ2) is 3.58. The average Bonchev–Trinajstić information content (AvgIpc) is 3.03. The largest absolute Gasteiger partial charge is 0.315 e. The van der Waals surface area contributed by atoms with Gasteiger partial charge in [0.15, 0.2) is 0 Å². The summed E-state index contributed by atoms with van der Waals surface area (Å²) in [5.74, 6) is 1.08. The summed E-state index contributed by atoms with van der Waals surface area (Å²) in [4.78, 5) is 14.9. The van der Waals surface area contributed by atoms with Crippen LogP contribution in [0.2, 0.25) is 0 Å². The Balaban J connectivity index is 1.80. The van der Waals surface area contributed by atoms with Crippen LogP contribution in [-0.4, -0.2) is 25.5 Å². The third kappa shape index (κ3) is 1.31. The fraction of sp³-hybridized carbons (Fsp3) is 0.533. The molecule has 3 heteroatoms. The quantitative estimate of drug-likeness (QED) is 0.855. The number of anilines is 1. The van der Waals surface area contributed by atoms with Crippen molar-refractivity contribution in [1.29, 1.82) is 0 Å². The van der Waals surface area contributed by atoms with Crippen molar-refractivity contribution in [2.45, 2.75) is 24.7 Å². The van der Waals surface area contributed by atoms with Crippen LogP contribution in [0.5, 0.6) is 0 Å². The van der Waals surface area contributed by atoms with Gasteiger partial charge in [0.2, 0.25) is 5.91 Å². The molecule has 1 amide bonds. The number of nitrogens with one attached hydrogen (secondary N) is 1. The molecule has 2 heterocycles. The van der Waals surface area contributed by atoms with E-state index >= 15 is 0 Å². The highest BCUT2D eigenvalue weighted by atomic mass is 16.2. The number of benzene rings is 1. The van der Waals surface area contributed by atoms with Crippen molar-refractivity contribution < 1.29 is 4.79 Å². The topological polar surface area (TPSA) is 32.3 Å². The van der Waals surface area contributed by atoms with Gasteiger partial charge in [0.25, 0.3) is 0 Å². The fourth-order valence-electron chi connectivity index (χ4n) is 3.44. The van der Waals surface area contributed by atoms with Gasteiger partial charge >= 0.3 is 0 Å². The van der Waals surface area contributed by atoms with Crippen molar-refractivity contribution >= 4 is 11.6 Å². The van der Waals surface area contributed by atoms with E-state index < -0.39 is 0 Å². The van der Waals surface area contributed by atoms with Crippen molar-refractivity contribution in [2.75, 3.05) is 24.5 Å². The van der Waals surface area contributed by atoms with Gasteiger partial charge in [-0.05, 0) is 43.4 Å². The number of carbonyl (C=O) groups is 1. The van der Waals surface area contributed by atoms with E-state index in [0.29, 0.717) is 5.91 Å². The standard InChI is InChI=1S/C15H18N2O/c18-14-15(7-8-16-10-15)12-3-1-2-4-13(12)17(14)9-11-5-6-11/h1-4,11,16H,5-10H2/t15-/m1/s1. The highest BCUT2D eigenvalue weighted by Gasteiger charge is 2.52. The van der Waals surface area contributed by atoms with E-state index in [1.54, 1.807) is 0 Å². The molecule has 2 fully saturated rings. The minimum Gasteiger partial charge on any atom is -0.315 e. The third-order valence-corrected chi connectivity index (χ3v) is 4.66. The number of carbonyl (C=O) groups excluding carboxylic acids is 1. The van der Waals surface area contributed by atoms with Crippen LogP contribution < -0.4 is 10.2 Å². The zero-order valence-electron chi connectivity index (χ0n) is 10.5. The van der Waals surface area contributed by atoms with E-state index in [-0.39, 0.29) is 5.41 Å². The maximum atomic E-state index is 12.8. The average molecular weight is 242 g/mol. The molecule has 3 nitrogen and oxygen atoms in total. The highest BCUT2D eigenvalue weighted by molar-refractivity contribution is 6.08. The molecular weight excluding hydrogens is 224 g/mol. The second-order valence-corrected chi connectivity index (χ2v) is 5.89. The summed E-state index contributed by atoms with van der Waals surface area (Å²) < 4.78 is 0. The van der Waals surface area contributed by atoms with Gasteiger partial charge in [-0.1, -0.05) is 18.2 Å². The lowest BCUT2D eigenvalue weighted by Gasteiger charge is -2.22. The van der Waals surface area contributed by atoms with E-state index in [1.807, 2.05) is 6.07 Å². The molecular formula is C15H18N2O. The number of hydrogen-bond donors (Lipinski definition) is 1. The molecule has 1 saturated carbocycles. The van der Waals surface area contributed by atoms with E-state index in [9.17, 15) is 4.79 Å². The summed E-state index contributed by atoms with van der Waals surface area (Å²) in [7, 11) is 0. The second-order valence-electron chi connectivity index (χ2n) is 5.89. The van der Waals surface area contributed by atoms with Crippen LogP contribution in [0, 0.1) is 5.92 Å². The lowest BCUT2D eigenvalue weighted by atomic mass is 9.81. The zero-order chi connectivity index (χ0) is 12.2. The number of fused-ring (bicyclic) bond motifs is 2. The molecule has 3 aliphatic rings. The molecule has 2 aliphatic heterocycles. The van der Waals surface area contributed by atoms with Crippen LogP contribution in [0.1, 0.15) is 24.8 Å². The first-order valence-corrected chi connectivity index (χ1v) is 6.93. The van der Waals surface area contributed by atoms with Gasteiger partial charge in [0, 0.05) is 18.8 Å². The van der Waals surface area contributed by atoms with Crippen LogP contribution in [-0.2, 0) is 10.2 Å². The van der Waals surface area contributed by atoms with Crippen LogP contribution in [0.4, 0.5) is 5.69 Å². The fourth-order valence-corrected chi connectivity index (χ4v) is 3.44.